The Morgan fingerprint density at radius 3 is 1.60 bits per heavy atom. The van der Waals surface area contributed by atoms with Gasteiger partial charge in [0, 0.05) is 0 Å². The van der Waals surface area contributed by atoms with Crippen LogP contribution in [0.5, 0.6) is 0 Å². The number of hydrogen-bond acceptors (Lipinski definition) is 0. The summed E-state index contributed by atoms with van der Waals surface area (Å²) in [7, 11) is 0. The van der Waals surface area contributed by atoms with Gasteiger partial charge in [0.15, 0.2) is 0 Å². The minimum Gasteiger partial charge on any atom is -0.170 e. The minimum atomic E-state index is -3.97. The molecule has 0 aliphatic heterocycles. The molecule has 10 heavy (non-hydrogen) atoms. The Balaban J connectivity index is 2.70. The van der Waals surface area contributed by atoms with Crippen LogP contribution in [-0.2, 0) is 0 Å². The fourth-order valence-electron chi connectivity index (χ4n) is 1.32. The van der Waals surface area contributed by atoms with Crippen molar-refractivity contribution in [1.82, 2.24) is 0 Å². The number of alkyl halides is 3. The van der Waals surface area contributed by atoms with E-state index in [1.807, 2.05) is 0 Å². The molecule has 1 rings (SSSR count). The molecule has 1 aliphatic rings. The average molecular weight is 152 g/mol. The Bertz CT molecular complexity index is 130. The van der Waals surface area contributed by atoms with Gasteiger partial charge in [-0.25, -0.2) is 0 Å². The van der Waals surface area contributed by atoms with E-state index >= 15 is 0 Å². The van der Waals surface area contributed by atoms with Crippen molar-refractivity contribution in [3.63, 3.8) is 0 Å². The second-order valence-electron chi connectivity index (χ2n) is 3.31. The van der Waals surface area contributed by atoms with Crippen molar-refractivity contribution in [2.24, 2.45) is 11.3 Å². The van der Waals surface area contributed by atoms with Crippen LogP contribution in [-0.4, -0.2) is 6.18 Å². The summed E-state index contributed by atoms with van der Waals surface area (Å²) in [6.45, 7) is 3.28. The van der Waals surface area contributed by atoms with Crippen LogP contribution >= 0.6 is 0 Å². The maximum Gasteiger partial charge on any atom is 0.394 e. The first-order valence-corrected chi connectivity index (χ1v) is 3.47. The lowest BCUT2D eigenvalue weighted by Crippen LogP contribution is -2.29. The van der Waals surface area contributed by atoms with Gasteiger partial charge >= 0.3 is 6.18 Å². The Kier molecular flexibility index (Phi) is 1.49. The SMILES string of the molecule is CC(C)C1(C(F)(F)F)CC1. The van der Waals surface area contributed by atoms with Gasteiger partial charge in [0.05, 0.1) is 5.41 Å². The van der Waals surface area contributed by atoms with E-state index in [4.69, 9.17) is 0 Å². The molecule has 1 aliphatic carbocycles. The van der Waals surface area contributed by atoms with E-state index in [0.717, 1.165) is 0 Å². The maximum atomic E-state index is 12.1. The third kappa shape index (κ3) is 0.917. The minimum absolute atomic E-state index is 0.257. The van der Waals surface area contributed by atoms with E-state index in [-0.39, 0.29) is 5.92 Å². The van der Waals surface area contributed by atoms with E-state index in [2.05, 4.69) is 0 Å². The summed E-state index contributed by atoms with van der Waals surface area (Å²) in [5, 5.41) is 0. The zero-order valence-electron chi connectivity index (χ0n) is 6.13. The second-order valence-corrected chi connectivity index (χ2v) is 3.31. The summed E-state index contributed by atoms with van der Waals surface area (Å²) >= 11 is 0. The molecular weight excluding hydrogens is 141 g/mol. The zero-order chi connectivity index (χ0) is 7.99. The summed E-state index contributed by atoms with van der Waals surface area (Å²) in [4.78, 5) is 0. The molecule has 0 aromatic rings. The molecule has 0 heterocycles. The lowest BCUT2D eigenvalue weighted by Gasteiger charge is -2.22. The van der Waals surface area contributed by atoms with Gasteiger partial charge in [0.2, 0.25) is 0 Å². The van der Waals surface area contributed by atoms with E-state index in [9.17, 15) is 13.2 Å². The van der Waals surface area contributed by atoms with E-state index in [1.54, 1.807) is 13.8 Å². The molecule has 3 heteroatoms. The highest BCUT2D eigenvalue weighted by Crippen LogP contribution is 2.62. The number of rotatable bonds is 1. The highest BCUT2D eigenvalue weighted by atomic mass is 19.4. The van der Waals surface area contributed by atoms with Crippen molar-refractivity contribution >= 4 is 0 Å². The third-order valence-corrected chi connectivity index (χ3v) is 2.46. The van der Waals surface area contributed by atoms with Crippen LogP contribution in [0.4, 0.5) is 13.2 Å². The van der Waals surface area contributed by atoms with Gasteiger partial charge in [0.1, 0.15) is 0 Å². The van der Waals surface area contributed by atoms with Crippen LogP contribution in [0.2, 0.25) is 0 Å². The molecule has 0 unspecified atom stereocenters. The van der Waals surface area contributed by atoms with Crippen LogP contribution in [0.25, 0.3) is 0 Å². The Hall–Kier alpha value is -0.210. The molecule has 0 nitrogen and oxygen atoms in total. The van der Waals surface area contributed by atoms with Crippen LogP contribution in [0, 0.1) is 11.3 Å². The van der Waals surface area contributed by atoms with Crippen molar-refractivity contribution in [3.05, 3.63) is 0 Å². The summed E-state index contributed by atoms with van der Waals surface area (Å²) in [5.41, 5.74) is -1.31. The first-order chi connectivity index (χ1) is 4.40. The zero-order valence-corrected chi connectivity index (χ0v) is 6.13. The van der Waals surface area contributed by atoms with Gasteiger partial charge in [-0.2, -0.15) is 13.2 Å². The Morgan fingerprint density at radius 2 is 1.60 bits per heavy atom. The van der Waals surface area contributed by atoms with Crippen molar-refractivity contribution < 1.29 is 13.2 Å². The lowest BCUT2D eigenvalue weighted by atomic mass is 9.92. The first-order valence-electron chi connectivity index (χ1n) is 3.47. The quantitative estimate of drug-likeness (QED) is 0.541. The summed E-state index contributed by atoms with van der Waals surface area (Å²) in [5.74, 6) is -0.257. The first kappa shape index (κ1) is 7.89. The molecule has 0 N–H and O–H groups in total. The summed E-state index contributed by atoms with van der Waals surface area (Å²) < 4.78 is 36.4. The van der Waals surface area contributed by atoms with E-state index < -0.39 is 11.6 Å². The number of hydrogen-bond donors (Lipinski definition) is 0. The molecular formula is C7H11F3. The molecule has 0 aromatic heterocycles. The smallest absolute Gasteiger partial charge is 0.170 e. The van der Waals surface area contributed by atoms with Crippen LogP contribution in [0.3, 0.4) is 0 Å². The lowest BCUT2D eigenvalue weighted by molar-refractivity contribution is -0.199. The van der Waals surface area contributed by atoms with Crippen molar-refractivity contribution in [2.45, 2.75) is 32.9 Å². The molecule has 0 radical (unpaired) electrons. The van der Waals surface area contributed by atoms with Crippen molar-refractivity contribution in [3.8, 4) is 0 Å². The van der Waals surface area contributed by atoms with E-state index in [1.165, 1.54) is 0 Å². The van der Waals surface area contributed by atoms with Crippen molar-refractivity contribution in [2.75, 3.05) is 0 Å². The summed E-state index contributed by atoms with van der Waals surface area (Å²) in [6, 6.07) is 0. The van der Waals surface area contributed by atoms with Crippen molar-refractivity contribution in [1.29, 1.82) is 0 Å². The number of halogens is 3. The van der Waals surface area contributed by atoms with Gasteiger partial charge in [0.25, 0.3) is 0 Å². The molecule has 0 spiro atoms. The van der Waals surface area contributed by atoms with E-state index in [0.29, 0.717) is 12.8 Å². The second kappa shape index (κ2) is 1.89. The van der Waals surface area contributed by atoms with Gasteiger partial charge in [-0.3, -0.25) is 0 Å². The van der Waals surface area contributed by atoms with Crippen LogP contribution in [0.15, 0.2) is 0 Å². The fourth-order valence-corrected chi connectivity index (χ4v) is 1.32. The average Bonchev–Trinajstić information content (AvgIpc) is 2.36. The van der Waals surface area contributed by atoms with Gasteiger partial charge in [-0.1, -0.05) is 13.8 Å². The Morgan fingerprint density at radius 1 is 1.20 bits per heavy atom. The third-order valence-electron chi connectivity index (χ3n) is 2.46. The maximum absolute atomic E-state index is 12.1. The Labute approximate surface area is 58.4 Å². The highest BCUT2D eigenvalue weighted by molar-refractivity contribution is 5.00. The standard InChI is InChI=1S/C7H11F3/c1-5(2)6(3-4-6)7(8,9)10/h5H,3-4H2,1-2H3. The summed E-state index contributed by atoms with van der Waals surface area (Å²) in [6.07, 6.45) is -3.32. The monoisotopic (exact) mass is 152 g/mol. The molecule has 0 aromatic carbocycles. The van der Waals surface area contributed by atoms with Crippen LogP contribution in [0.1, 0.15) is 26.7 Å². The highest BCUT2D eigenvalue weighted by Gasteiger charge is 2.64. The topological polar surface area (TPSA) is 0 Å². The van der Waals surface area contributed by atoms with Gasteiger partial charge in [-0.05, 0) is 18.8 Å². The predicted octanol–water partition coefficient (Wildman–Crippen LogP) is 2.98. The molecule has 0 bridgehead atoms. The van der Waals surface area contributed by atoms with Gasteiger partial charge in [-0.15, -0.1) is 0 Å². The molecule has 0 atom stereocenters. The van der Waals surface area contributed by atoms with Gasteiger partial charge < -0.3 is 0 Å². The van der Waals surface area contributed by atoms with Crippen LogP contribution < -0.4 is 0 Å². The molecule has 1 saturated carbocycles. The molecule has 0 saturated heterocycles. The normalized spacial score (nSPS) is 23.4. The molecule has 60 valence electrons. The molecule has 1 fully saturated rings. The predicted molar refractivity (Wildman–Crippen MR) is 32.6 cm³/mol. The molecule has 0 amide bonds. The fraction of sp³-hybridized carbons (Fsp3) is 1.00. The largest absolute Gasteiger partial charge is 0.394 e.